The Morgan fingerprint density at radius 3 is 2.72 bits per heavy atom. The largest absolute Gasteiger partial charge is 0.494 e. The standard InChI is InChI=1S/C27H27N3O4S2/c1-2-3-15-34-22-12-7-9-19(16-22)25-20(18-30(28-25)21-10-5-4-6-11-21)17-23-26(33)29(27(35)36-23)14-8-13-24(31)32/h4-7,9-12,16-18H,2-3,8,13-15H2,1H3,(H,31,32). The van der Waals surface area contributed by atoms with E-state index >= 15 is 0 Å². The third-order valence-electron chi connectivity index (χ3n) is 5.57. The Bertz CT molecular complexity index is 1290. The molecule has 2 aromatic carbocycles. The second-order valence-corrected chi connectivity index (χ2v) is 9.95. The Hall–Kier alpha value is -3.43. The number of carboxylic acids is 1. The van der Waals surface area contributed by atoms with E-state index in [9.17, 15) is 9.59 Å². The predicted molar refractivity (Wildman–Crippen MR) is 146 cm³/mol. The second-order valence-electron chi connectivity index (χ2n) is 8.27. The Balaban J connectivity index is 1.67. The fourth-order valence-electron chi connectivity index (χ4n) is 3.72. The molecule has 1 aliphatic heterocycles. The fraction of sp³-hybridized carbons (Fsp3) is 0.259. The molecular weight excluding hydrogens is 494 g/mol. The van der Waals surface area contributed by atoms with Crippen LogP contribution in [0.2, 0.25) is 0 Å². The molecule has 1 N–H and O–H groups in total. The Labute approximate surface area is 219 Å². The summed E-state index contributed by atoms with van der Waals surface area (Å²) in [5, 5.41) is 13.8. The van der Waals surface area contributed by atoms with Gasteiger partial charge < -0.3 is 9.84 Å². The predicted octanol–water partition coefficient (Wildman–Crippen LogP) is 5.78. The lowest BCUT2D eigenvalue weighted by Crippen LogP contribution is -2.29. The number of nitrogens with zero attached hydrogens (tertiary/aromatic N) is 3. The molecule has 0 aliphatic carbocycles. The summed E-state index contributed by atoms with van der Waals surface area (Å²) >= 11 is 6.63. The number of carbonyl (C=O) groups is 2. The number of aliphatic carboxylic acids is 1. The van der Waals surface area contributed by atoms with Gasteiger partial charge in [0.1, 0.15) is 15.8 Å². The highest BCUT2D eigenvalue weighted by Crippen LogP contribution is 2.35. The van der Waals surface area contributed by atoms with Crippen LogP contribution < -0.4 is 4.74 Å². The van der Waals surface area contributed by atoms with Gasteiger partial charge in [-0.15, -0.1) is 0 Å². The molecule has 0 bridgehead atoms. The van der Waals surface area contributed by atoms with Crippen LogP contribution in [0.15, 0.2) is 65.7 Å². The van der Waals surface area contributed by atoms with Crippen LogP contribution in [0.3, 0.4) is 0 Å². The van der Waals surface area contributed by atoms with Crippen LogP contribution in [-0.2, 0) is 9.59 Å². The van der Waals surface area contributed by atoms with Crippen LogP contribution in [0.5, 0.6) is 5.75 Å². The van der Waals surface area contributed by atoms with Crippen molar-refractivity contribution in [3.8, 4) is 22.7 Å². The molecule has 1 fully saturated rings. The summed E-state index contributed by atoms with van der Waals surface area (Å²) in [6.45, 7) is 3.05. The lowest BCUT2D eigenvalue weighted by atomic mass is 10.1. The Morgan fingerprint density at radius 2 is 1.97 bits per heavy atom. The molecule has 36 heavy (non-hydrogen) atoms. The molecule has 2 heterocycles. The van der Waals surface area contributed by atoms with Crippen molar-refractivity contribution >= 4 is 46.3 Å². The van der Waals surface area contributed by atoms with Gasteiger partial charge in [-0.25, -0.2) is 4.68 Å². The number of benzene rings is 2. The van der Waals surface area contributed by atoms with Crippen molar-refractivity contribution in [2.24, 2.45) is 0 Å². The van der Waals surface area contributed by atoms with Crippen LogP contribution in [0.25, 0.3) is 23.0 Å². The quantitative estimate of drug-likeness (QED) is 0.194. The van der Waals surface area contributed by atoms with E-state index in [0.29, 0.717) is 22.3 Å². The number of para-hydroxylation sites is 1. The molecule has 1 saturated heterocycles. The van der Waals surface area contributed by atoms with E-state index in [4.69, 9.17) is 27.2 Å². The summed E-state index contributed by atoms with van der Waals surface area (Å²) in [6.07, 6.45) is 6.07. The minimum Gasteiger partial charge on any atom is -0.494 e. The van der Waals surface area contributed by atoms with E-state index < -0.39 is 5.97 Å². The number of carbonyl (C=O) groups excluding carboxylic acids is 1. The normalized spacial score (nSPS) is 14.6. The summed E-state index contributed by atoms with van der Waals surface area (Å²) < 4.78 is 8.12. The van der Waals surface area contributed by atoms with Gasteiger partial charge in [0, 0.05) is 30.3 Å². The van der Waals surface area contributed by atoms with Crippen LogP contribution in [0, 0.1) is 0 Å². The third-order valence-corrected chi connectivity index (χ3v) is 6.95. The molecule has 0 atom stereocenters. The highest BCUT2D eigenvalue weighted by molar-refractivity contribution is 8.26. The van der Waals surface area contributed by atoms with Gasteiger partial charge in [0.25, 0.3) is 5.91 Å². The summed E-state index contributed by atoms with van der Waals surface area (Å²) in [7, 11) is 0. The number of hydrogen-bond donors (Lipinski definition) is 1. The highest BCUT2D eigenvalue weighted by atomic mass is 32.2. The fourth-order valence-corrected chi connectivity index (χ4v) is 5.02. The van der Waals surface area contributed by atoms with Crippen molar-refractivity contribution in [3.05, 3.63) is 71.3 Å². The van der Waals surface area contributed by atoms with Gasteiger partial charge in [-0.2, -0.15) is 5.10 Å². The zero-order chi connectivity index (χ0) is 25.5. The first-order chi connectivity index (χ1) is 17.5. The van der Waals surface area contributed by atoms with Gasteiger partial charge in [0.2, 0.25) is 0 Å². The number of thiocarbonyl (C=S) groups is 1. The molecule has 0 radical (unpaired) electrons. The van der Waals surface area contributed by atoms with E-state index in [-0.39, 0.29) is 18.9 Å². The number of amides is 1. The number of carboxylic acid groups (broad SMARTS) is 1. The van der Waals surface area contributed by atoms with Crippen molar-refractivity contribution in [1.82, 2.24) is 14.7 Å². The number of rotatable bonds is 11. The molecule has 186 valence electrons. The van der Waals surface area contributed by atoms with Gasteiger partial charge in [-0.05, 0) is 43.2 Å². The van der Waals surface area contributed by atoms with Gasteiger partial charge in [0.05, 0.1) is 17.2 Å². The molecule has 0 unspecified atom stereocenters. The number of thioether (sulfide) groups is 1. The number of hydrogen-bond acceptors (Lipinski definition) is 6. The molecule has 3 aromatic rings. The van der Waals surface area contributed by atoms with Crippen LogP contribution in [0.1, 0.15) is 38.2 Å². The lowest BCUT2D eigenvalue weighted by Gasteiger charge is -2.13. The van der Waals surface area contributed by atoms with E-state index in [0.717, 1.165) is 41.1 Å². The van der Waals surface area contributed by atoms with E-state index in [2.05, 4.69) is 6.92 Å². The molecule has 1 amide bonds. The third kappa shape index (κ3) is 6.22. The minimum absolute atomic E-state index is 0.0131. The summed E-state index contributed by atoms with van der Waals surface area (Å²) in [5.41, 5.74) is 3.27. The van der Waals surface area contributed by atoms with Gasteiger partial charge in [-0.1, -0.05) is 67.7 Å². The highest BCUT2D eigenvalue weighted by Gasteiger charge is 2.32. The lowest BCUT2D eigenvalue weighted by molar-refractivity contribution is -0.137. The zero-order valence-corrected chi connectivity index (χ0v) is 21.6. The number of unbranched alkanes of at least 4 members (excludes halogenated alkanes) is 1. The van der Waals surface area contributed by atoms with Gasteiger partial charge in [0.15, 0.2) is 0 Å². The van der Waals surface area contributed by atoms with E-state index in [1.807, 2.05) is 66.9 Å². The monoisotopic (exact) mass is 521 g/mol. The van der Waals surface area contributed by atoms with Crippen LogP contribution >= 0.6 is 24.0 Å². The first kappa shape index (κ1) is 25.7. The SMILES string of the molecule is CCCCOc1cccc(-c2nn(-c3ccccc3)cc2C=C2SC(=S)N(CCCC(=O)O)C2=O)c1. The van der Waals surface area contributed by atoms with E-state index in [1.54, 1.807) is 4.68 Å². The number of ether oxygens (including phenoxy) is 1. The smallest absolute Gasteiger partial charge is 0.303 e. The molecule has 0 saturated carbocycles. The van der Waals surface area contributed by atoms with Crippen LogP contribution in [0.4, 0.5) is 0 Å². The van der Waals surface area contributed by atoms with Crippen molar-refractivity contribution < 1.29 is 19.4 Å². The molecule has 4 rings (SSSR count). The topological polar surface area (TPSA) is 84.7 Å². The summed E-state index contributed by atoms with van der Waals surface area (Å²) in [4.78, 5) is 25.9. The molecule has 7 nitrogen and oxygen atoms in total. The molecule has 0 spiro atoms. The van der Waals surface area contributed by atoms with Crippen molar-refractivity contribution in [2.75, 3.05) is 13.2 Å². The maximum absolute atomic E-state index is 13.1. The van der Waals surface area contributed by atoms with Crippen molar-refractivity contribution in [3.63, 3.8) is 0 Å². The molecule has 9 heteroatoms. The zero-order valence-electron chi connectivity index (χ0n) is 19.9. The average Bonchev–Trinajstić information content (AvgIpc) is 3.41. The van der Waals surface area contributed by atoms with Crippen molar-refractivity contribution in [2.45, 2.75) is 32.6 Å². The maximum atomic E-state index is 13.1. The second kappa shape index (κ2) is 12.0. The molecule has 1 aliphatic rings. The molecular formula is C27H27N3O4S2. The molecule has 1 aromatic heterocycles. The first-order valence-electron chi connectivity index (χ1n) is 11.8. The average molecular weight is 522 g/mol. The maximum Gasteiger partial charge on any atom is 0.303 e. The number of aromatic nitrogens is 2. The van der Waals surface area contributed by atoms with Gasteiger partial charge >= 0.3 is 5.97 Å². The Morgan fingerprint density at radius 1 is 1.17 bits per heavy atom. The Kier molecular flexibility index (Phi) is 8.56. The van der Waals surface area contributed by atoms with Gasteiger partial charge in [-0.3, -0.25) is 14.5 Å². The minimum atomic E-state index is -0.894. The summed E-state index contributed by atoms with van der Waals surface area (Å²) in [6, 6.07) is 17.6. The van der Waals surface area contributed by atoms with Crippen LogP contribution in [-0.4, -0.2) is 49.1 Å². The van der Waals surface area contributed by atoms with E-state index in [1.165, 1.54) is 16.7 Å². The first-order valence-corrected chi connectivity index (χ1v) is 13.0. The van der Waals surface area contributed by atoms with Crippen molar-refractivity contribution in [1.29, 1.82) is 0 Å². The summed E-state index contributed by atoms with van der Waals surface area (Å²) in [5.74, 6) is -0.341.